The quantitative estimate of drug-likeness (QED) is 0.165. The fraction of sp³-hybridized carbons (Fsp3) is 0.258. The molecule has 0 bridgehead atoms. The number of urea groups is 1. The molecule has 0 aromatic heterocycles. The van der Waals surface area contributed by atoms with Crippen molar-refractivity contribution in [1.29, 1.82) is 0 Å². The molecule has 45 heavy (non-hydrogen) atoms. The first-order chi connectivity index (χ1) is 21.3. The number of halogens is 4. The van der Waals surface area contributed by atoms with Crippen LogP contribution in [0.1, 0.15) is 43.0 Å². The van der Waals surface area contributed by atoms with Crippen LogP contribution in [0.3, 0.4) is 0 Å². The summed E-state index contributed by atoms with van der Waals surface area (Å²) in [7, 11) is 0. The molecule has 238 valence electrons. The van der Waals surface area contributed by atoms with Gasteiger partial charge in [0.05, 0.1) is 25.0 Å². The molecular formula is C31H30ClF3N4O6. The van der Waals surface area contributed by atoms with Crippen molar-refractivity contribution in [3.05, 3.63) is 95.0 Å². The van der Waals surface area contributed by atoms with Crippen LogP contribution in [0.4, 0.5) is 18.0 Å². The standard InChI is InChI=1S/C31H30ClF3N4O6/c1-19(23-9-5-6-10-24(23)32)38-30(44)36-16-15-26(40)37-18-27(41)39-25(17-28(42)45-29(43)31(33,34)35)22-13-11-21(12-14-22)20-7-3-2-4-8-20/h2-14,19,25H,15-18H2,1H3,(H,37,40)(H,39,41)(H2,36,38,44). The molecule has 2 atom stereocenters. The molecule has 3 rings (SSSR count). The van der Waals surface area contributed by atoms with Gasteiger partial charge in [0.25, 0.3) is 0 Å². The number of benzene rings is 3. The molecule has 0 aliphatic carbocycles. The zero-order valence-electron chi connectivity index (χ0n) is 24.0. The third-order valence-corrected chi connectivity index (χ3v) is 6.71. The van der Waals surface area contributed by atoms with Crippen molar-refractivity contribution in [2.24, 2.45) is 0 Å². The number of amides is 4. The molecule has 0 saturated heterocycles. The van der Waals surface area contributed by atoms with Gasteiger partial charge < -0.3 is 26.0 Å². The van der Waals surface area contributed by atoms with Crippen molar-refractivity contribution in [2.75, 3.05) is 13.1 Å². The number of ether oxygens (including phenoxy) is 1. The third-order valence-electron chi connectivity index (χ3n) is 6.37. The van der Waals surface area contributed by atoms with E-state index in [1.54, 1.807) is 55.5 Å². The lowest BCUT2D eigenvalue weighted by Gasteiger charge is -2.19. The molecule has 4 N–H and O–H groups in total. The van der Waals surface area contributed by atoms with E-state index in [0.29, 0.717) is 16.1 Å². The average molecular weight is 647 g/mol. The number of rotatable bonds is 12. The molecule has 0 spiro atoms. The SMILES string of the molecule is CC(NC(=O)NCCC(=O)NCC(=O)NC(CC(=O)OC(=O)C(F)(F)F)c1ccc(-c2ccccc2)cc1)c1ccccc1Cl. The van der Waals surface area contributed by atoms with E-state index in [1.165, 1.54) is 0 Å². The topological polar surface area (TPSA) is 143 Å². The van der Waals surface area contributed by atoms with Crippen LogP contribution in [0.15, 0.2) is 78.9 Å². The molecule has 0 fully saturated rings. The molecule has 3 aromatic rings. The van der Waals surface area contributed by atoms with Crippen molar-refractivity contribution in [3.63, 3.8) is 0 Å². The summed E-state index contributed by atoms with van der Waals surface area (Å²) >= 11 is 6.13. The van der Waals surface area contributed by atoms with Gasteiger partial charge in [0.1, 0.15) is 0 Å². The highest BCUT2D eigenvalue weighted by Crippen LogP contribution is 2.25. The van der Waals surface area contributed by atoms with Gasteiger partial charge in [-0.3, -0.25) is 14.4 Å². The third kappa shape index (κ3) is 11.3. The zero-order chi connectivity index (χ0) is 33.0. The largest absolute Gasteiger partial charge is 0.491 e. The molecular weight excluding hydrogens is 617 g/mol. The van der Waals surface area contributed by atoms with E-state index in [2.05, 4.69) is 26.0 Å². The van der Waals surface area contributed by atoms with Gasteiger partial charge in [-0.2, -0.15) is 13.2 Å². The molecule has 10 nitrogen and oxygen atoms in total. The van der Waals surface area contributed by atoms with E-state index in [9.17, 15) is 37.1 Å². The Morgan fingerprint density at radius 2 is 1.42 bits per heavy atom. The molecule has 3 aromatic carbocycles. The van der Waals surface area contributed by atoms with Gasteiger partial charge in [-0.15, -0.1) is 0 Å². The lowest BCUT2D eigenvalue weighted by molar-refractivity contribution is -0.202. The van der Waals surface area contributed by atoms with E-state index >= 15 is 0 Å². The first-order valence-corrected chi connectivity index (χ1v) is 14.0. The Kier molecular flexibility index (Phi) is 12.5. The van der Waals surface area contributed by atoms with Crippen LogP contribution in [-0.4, -0.2) is 49.0 Å². The number of carbonyl (C=O) groups excluding carboxylic acids is 5. The highest BCUT2D eigenvalue weighted by Gasteiger charge is 2.42. The van der Waals surface area contributed by atoms with Crippen molar-refractivity contribution in [1.82, 2.24) is 21.3 Å². The summed E-state index contributed by atoms with van der Waals surface area (Å²) in [5, 5.41) is 10.5. The van der Waals surface area contributed by atoms with Crippen LogP contribution in [-0.2, 0) is 23.9 Å². The summed E-state index contributed by atoms with van der Waals surface area (Å²) in [4.78, 5) is 60.3. The van der Waals surface area contributed by atoms with E-state index in [0.717, 1.165) is 11.1 Å². The number of hydrogen-bond donors (Lipinski definition) is 4. The minimum atomic E-state index is -5.38. The summed E-state index contributed by atoms with van der Waals surface area (Å²) in [5.41, 5.74) is 2.73. The maximum Gasteiger partial charge on any atom is 0.491 e. The van der Waals surface area contributed by atoms with Crippen LogP contribution in [0.25, 0.3) is 11.1 Å². The van der Waals surface area contributed by atoms with Crippen LogP contribution in [0.5, 0.6) is 0 Å². The van der Waals surface area contributed by atoms with Crippen molar-refractivity contribution >= 4 is 41.4 Å². The molecule has 0 saturated carbocycles. The number of esters is 2. The van der Waals surface area contributed by atoms with Crippen LogP contribution in [0.2, 0.25) is 5.02 Å². The van der Waals surface area contributed by atoms with Crippen molar-refractivity contribution in [2.45, 2.75) is 38.0 Å². The van der Waals surface area contributed by atoms with E-state index in [4.69, 9.17) is 11.6 Å². The fourth-order valence-corrected chi connectivity index (χ4v) is 4.41. The van der Waals surface area contributed by atoms with E-state index in [-0.39, 0.29) is 13.0 Å². The second-order valence-electron chi connectivity index (χ2n) is 9.74. The Hall–Kier alpha value is -4.91. The van der Waals surface area contributed by atoms with Gasteiger partial charge in [-0.05, 0) is 35.2 Å². The summed E-state index contributed by atoms with van der Waals surface area (Å²) in [5.74, 6) is -5.53. The number of carbonyl (C=O) groups is 5. The van der Waals surface area contributed by atoms with Gasteiger partial charge in [0, 0.05) is 18.0 Å². The molecule has 14 heteroatoms. The number of nitrogens with one attached hydrogen (secondary N) is 4. The van der Waals surface area contributed by atoms with E-state index < -0.39 is 61.0 Å². The molecule has 0 heterocycles. The summed E-state index contributed by atoms with van der Waals surface area (Å²) in [6.07, 6.45) is -6.34. The number of hydrogen-bond acceptors (Lipinski definition) is 6. The minimum absolute atomic E-state index is 0.0516. The maximum atomic E-state index is 12.6. The molecule has 2 unspecified atom stereocenters. The van der Waals surface area contributed by atoms with Gasteiger partial charge >= 0.3 is 24.1 Å². The van der Waals surface area contributed by atoms with Gasteiger partial charge in [0.2, 0.25) is 11.8 Å². The Labute approximate surface area is 261 Å². The monoisotopic (exact) mass is 646 g/mol. The summed E-state index contributed by atoms with van der Waals surface area (Å²) in [6.45, 7) is 1.15. The van der Waals surface area contributed by atoms with Crippen LogP contribution in [0, 0.1) is 0 Å². The molecule has 0 aliphatic rings. The zero-order valence-corrected chi connectivity index (χ0v) is 24.7. The van der Waals surface area contributed by atoms with Crippen LogP contribution < -0.4 is 21.3 Å². The lowest BCUT2D eigenvalue weighted by atomic mass is 9.99. The molecule has 4 amide bonds. The van der Waals surface area contributed by atoms with Gasteiger partial charge in [0.15, 0.2) is 0 Å². The van der Waals surface area contributed by atoms with Gasteiger partial charge in [-0.25, -0.2) is 9.59 Å². The summed E-state index contributed by atoms with van der Waals surface area (Å²) < 4.78 is 41.6. The summed E-state index contributed by atoms with van der Waals surface area (Å²) in [6, 6.07) is 20.6. The Morgan fingerprint density at radius 3 is 2.07 bits per heavy atom. The predicted octanol–water partition coefficient (Wildman–Crippen LogP) is 4.75. The lowest BCUT2D eigenvalue weighted by Crippen LogP contribution is -2.41. The minimum Gasteiger partial charge on any atom is -0.386 e. The maximum absolute atomic E-state index is 12.6. The Balaban J connectivity index is 1.53. The Bertz CT molecular complexity index is 1500. The molecule has 0 aliphatic heterocycles. The van der Waals surface area contributed by atoms with E-state index in [1.807, 2.05) is 30.3 Å². The average Bonchev–Trinajstić information content (AvgIpc) is 3.00. The van der Waals surface area contributed by atoms with Crippen molar-refractivity contribution in [3.8, 4) is 11.1 Å². The normalized spacial score (nSPS) is 12.3. The first-order valence-electron chi connectivity index (χ1n) is 13.7. The first kappa shape index (κ1) is 34.6. The fourth-order valence-electron chi connectivity index (χ4n) is 4.11. The predicted molar refractivity (Wildman–Crippen MR) is 159 cm³/mol. The van der Waals surface area contributed by atoms with Crippen molar-refractivity contribution < 1.29 is 41.9 Å². The highest BCUT2D eigenvalue weighted by atomic mass is 35.5. The molecule has 0 radical (unpaired) electrons. The van der Waals surface area contributed by atoms with Crippen LogP contribution >= 0.6 is 11.6 Å². The highest BCUT2D eigenvalue weighted by molar-refractivity contribution is 6.31. The second-order valence-corrected chi connectivity index (χ2v) is 10.1. The Morgan fingerprint density at radius 1 is 0.800 bits per heavy atom. The second kappa shape index (κ2) is 16.2. The number of alkyl halides is 3. The van der Waals surface area contributed by atoms with Gasteiger partial charge in [-0.1, -0.05) is 84.4 Å². The smallest absolute Gasteiger partial charge is 0.386 e.